The van der Waals surface area contributed by atoms with Crippen LogP contribution in [-0.4, -0.2) is 21.9 Å². The molecular formula is C14H27N3S. The maximum absolute atomic E-state index is 4.64. The van der Waals surface area contributed by atoms with Crippen LogP contribution in [-0.2, 0) is 6.42 Å². The van der Waals surface area contributed by atoms with Gasteiger partial charge in [-0.05, 0) is 29.9 Å². The summed E-state index contributed by atoms with van der Waals surface area (Å²) in [6.07, 6.45) is 2.15. The Hall–Kier alpha value is -0.480. The highest BCUT2D eigenvalue weighted by molar-refractivity contribution is 7.05. The lowest BCUT2D eigenvalue weighted by Crippen LogP contribution is -2.42. The molecule has 0 aliphatic heterocycles. The normalized spacial score (nSPS) is 14.2. The summed E-state index contributed by atoms with van der Waals surface area (Å²) in [5, 5.41) is 4.79. The number of hydrogen-bond acceptors (Lipinski definition) is 4. The van der Waals surface area contributed by atoms with E-state index in [2.05, 4.69) is 56.2 Å². The lowest BCUT2D eigenvalue weighted by molar-refractivity contribution is 0.266. The van der Waals surface area contributed by atoms with Crippen molar-refractivity contribution in [2.24, 2.45) is 5.41 Å². The molecule has 0 radical (unpaired) electrons. The van der Waals surface area contributed by atoms with Crippen molar-refractivity contribution >= 4 is 11.5 Å². The fourth-order valence-electron chi connectivity index (χ4n) is 1.76. The second-order valence-corrected chi connectivity index (χ2v) is 7.11. The minimum absolute atomic E-state index is 0.249. The molecule has 0 fully saturated rings. The lowest BCUT2D eigenvalue weighted by Gasteiger charge is -2.31. The van der Waals surface area contributed by atoms with Gasteiger partial charge in [-0.2, -0.15) is 4.37 Å². The summed E-state index contributed by atoms with van der Waals surface area (Å²) >= 11 is 1.55. The van der Waals surface area contributed by atoms with Crippen LogP contribution in [0.3, 0.4) is 0 Å². The van der Waals surface area contributed by atoms with Gasteiger partial charge in [0.05, 0.1) is 0 Å². The summed E-state index contributed by atoms with van der Waals surface area (Å²) < 4.78 is 4.43. The quantitative estimate of drug-likeness (QED) is 0.857. The van der Waals surface area contributed by atoms with E-state index in [1.165, 1.54) is 6.42 Å². The molecule has 1 rings (SSSR count). The molecule has 104 valence electrons. The maximum Gasteiger partial charge on any atom is 0.145 e. The van der Waals surface area contributed by atoms with Crippen LogP contribution in [0, 0.1) is 5.41 Å². The van der Waals surface area contributed by atoms with Crippen molar-refractivity contribution < 1.29 is 0 Å². The van der Waals surface area contributed by atoms with Crippen molar-refractivity contribution in [3.05, 3.63) is 10.8 Å². The highest BCUT2D eigenvalue weighted by Crippen LogP contribution is 2.24. The van der Waals surface area contributed by atoms with Crippen LogP contribution in [0.4, 0.5) is 0 Å². The Morgan fingerprint density at radius 1 is 1.28 bits per heavy atom. The van der Waals surface area contributed by atoms with Crippen LogP contribution >= 0.6 is 11.5 Å². The Morgan fingerprint density at radius 2 is 1.94 bits per heavy atom. The highest BCUT2D eigenvalue weighted by atomic mass is 32.1. The number of nitrogens with one attached hydrogen (secondary N) is 1. The van der Waals surface area contributed by atoms with E-state index in [-0.39, 0.29) is 5.41 Å². The van der Waals surface area contributed by atoms with Gasteiger partial charge in [-0.15, -0.1) is 0 Å². The van der Waals surface area contributed by atoms with Crippen LogP contribution in [0.5, 0.6) is 0 Å². The van der Waals surface area contributed by atoms with Gasteiger partial charge in [-0.25, -0.2) is 4.98 Å². The fraction of sp³-hybridized carbons (Fsp3) is 0.857. The SMILES string of the molecule is CCCNC(Cc1nc(C(C)C)ns1)C(C)(C)C. The molecule has 0 amide bonds. The van der Waals surface area contributed by atoms with Gasteiger partial charge >= 0.3 is 0 Å². The second kappa shape index (κ2) is 6.62. The largest absolute Gasteiger partial charge is 0.313 e. The van der Waals surface area contributed by atoms with E-state index in [1.807, 2.05) is 0 Å². The van der Waals surface area contributed by atoms with Gasteiger partial charge < -0.3 is 5.32 Å². The Bertz CT molecular complexity index is 352. The zero-order valence-corrected chi connectivity index (χ0v) is 13.4. The van der Waals surface area contributed by atoms with Gasteiger partial charge in [0, 0.05) is 18.4 Å². The summed E-state index contributed by atoms with van der Waals surface area (Å²) in [6, 6.07) is 0.463. The smallest absolute Gasteiger partial charge is 0.145 e. The zero-order chi connectivity index (χ0) is 13.8. The topological polar surface area (TPSA) is 37.8 Å². The molecule has 0 aliphatic carbocycles. The second-order valence-electron chi connectivity index (χ2n) is 6.28. The van der Waals surface area contributed by atoms with Crippen LogP contribution in [0.15, 0.2) is 0 Å². The first-order valence-electron chi connectivity index (χ1n) is 6.90. The van der Waals surface area contributed by atoms with E-state index in [4.69, 9.17) is 0 Å². The predicted octanol–water partition coefficient (Wildman–Crippen LogP) is 3.62. The van der Waals surface area contributed by atoms with Gasteiger partial charge in [0.1, 0.15) is 10.8 Å². The predicted molar refractivity (Wildman–Crippen MR) is 79.2 cm³/mol. The summed E-state index contributed by atoms with van der Waals surface area (Å²) in [6.45, 7) is 14.4. The van der Waals surface area contributed by atoms with Gasteiger partial charge in [-0.3, -0.25) is 0 Å². The Kier molecular flexibility index (Phi) is 5.73. The number of hydrogen-bond donors (Lipinski definition) is 1. The summed E-state index contributed by atoms with van der Waals surface area (Å²) in [5.74, 6) is 1.41. The Labute approximate surface area is 116 Å². The van der Waals surface area contributed by atoms with E-state index in [1.54, 1.807) is 11.5 Å². The van der Waals surface area contributed by atoms with Crippen LogP contribution < -0.4 is 5.32 Å². The molecule has 1 aromatic rings. The minimum Gasteiger partial charge on any atom is -0.313 e. The first-order valence-corrected chi connectivity index (χ1v) is 7.67. The Balaban J connectivity index is 2.69. The molecule has 0 bridgehead atoms. The molecular weight excluding hydrogens is 242 g/mol. The molecule has 18 heavy (non-hydrogen) atoms. The summed E-state index contributed by atoms with van der Waals surface area (Å²) in [7, 11) is 0. The molecule has 0 aliphatic rings. The minimum atomic E-state index is 0.249. The molecule has 3 nitrogen and oxygen atoms in total. The van der Waals surface area contributed by atoms with E-state index in [0.717, 1.165) is 23.8 Å². The average Bonchev–Trinajstić information content (AvgIpc) is 2.71. The monoisotopic (exact) mass is 269 g/mol. The molecule has 1 unspecified atom stereocenters. The number of rotatable bonds is 6. The van der Waals surface area contributed by atoms with Gasteiger partial charge in [0.25, 0.3) is 0 Å². The van der Waals surface area contributed by atoms with E-state index in [9.17, 15) is 0 Å². The zero-order valence-electron chi connectivity index (χ0n) is 12.6. The third-order valence-corrected chi connectivity index (χ3v) is 3.81. The van der Waals surface area contributed by atoms with Gasteiger partial charge in [0.2, 0.25) is 0 Å². The van der Waals surface area contributed by atoms with Crippen LogP contribution in [0.2, 0.25) is 0 Å². The Morgan fingerprint density at radius 3 is 2.39 bits per heavy atom. The third-order valence-electron chi connectivity index (χ3n) is 3.07. The summed E-state index contributed by atoms with van der Waals surface area (Å²) in [5.41, 5.74) is 0.249. The maximum atomic E-state index is 4.64. The van der Waals surface area contributed by atoms with E-state index in [0.29, 0.717) is 12.0 Å². The number of nitrogens with zero attached hydrogens (tertiary/aromatic N) is 2. The van der Waals surface area contributed by atoms with E-state index < -0.39 is 0 Å². The lowest BCUT2D eigenvalue weighted by atomic mass is 9.85. The molecule has 0 spiro atoms. The van der Waals surface area contributed by atoms with Crippen molar-refractivity contribution in [3.8, 4) is 0 Å². The molecule has 1 atom stereocenters. The highest BCUT2D eigenvalue weighted by Gasteiger charge is 2.25. The van der Waals surface area contributed by atoms with Gasteiger partial charge in [0.15, 0.2) is 0 Å². The van der Waals surface area contributed by atoms with Crippen molar-refractivity contribution in [3.63, 3.8) is 0 Å². The molecule has 0 saturated carbocycles. The first kappa shape index (κ1) is 15.6. The van der Waals surface area contributed by atoms with Crippen molar-refractivity contribution in [2.75, 3.05) is 6.54 Å². The average molecular weight is 269 g/mol. The van der Waals surface area contributed by atoms with Crippen LogP contribution in [0.1, 0.15) is 64.7 Å². The van der Waals surface area contributed by atoms with E-state index >= 15 is 0 Å². The molecule has 4 heteroatoms. The molecule has 1 heterocycles. The fourth-order valence-corrected chi connectivity index (χ4v) is 2.59. The molecule has 0 aromatic carbocycles. The molecule has 1 aromatic heterocycles. The van der Waals surface area contributed by atoms with Crippen molar-refractivity contribution in [1.82, 2.24) is 14.7 Å². The number of aromatic nitrogens is 2. The first-order chi connectivity index (χ1) is 8.34. The van der Waals surface area contributed by atoms with Crippen molar-refractivity contribution in [2.45, 2.75) is 66.3 Å². The van der Waals surface area contributed by atoms with Crippen molar-refractivity contribution in [1.29, 1.82) is 0 Å². The molecule has 0 saturated heterocycles. The standard InChI is InChI=1S/C14H27N3S/c1-7-8-15-11(14(4,5)6)9-12-16-13(10(2)3)17-18-12/h10-11,15H,7-9H2,1-6H3. The molecule has 1 N–H and O–H groups in total. The summed E-state index contributed by atoms with van der Waals surface area (Å²) in [4.78, 5) is 4.64. The van der Waals surface area contributed by atoms with Gasteiger partial charge in [-0.1, -0.05) is 41.5 Å². The van der Waals surface area contributed by atoms with Crippen LogP contribution in [0.25, 0.3) is 0 Å². The third kappa shape index (κ3) is 4.65.